The summed E-state index contributed by atoms with van der Waals surface area (Å²) in [6.07, 6.45) is 1.01. The fourth-order valence-corrected chi connectivity index (χ4v) is 2.95. The van der Waals surface area contributed by atoms with Crippen LogP contribution in [0.15, 0.2) is 28.1 Å². The highest BCUT2D eigenvalue weighted by atomic mass is 16.2. The van der Waals surface area contributed by atoms with Crippen molar-refractivity contribution in [3.8, 4) is 0 Å². The maximum absolute atomic E-state index is 12.2. The molecule has 0 atom stereocenters. The Hall–Kier alpha value is -2.96. The second-order valence-corrected chi connectivity index (χ2v) is 6.27. The molecule has 25 heavy (non-hydrogen) atoms. The highest BCUT2D eigenvalue weighted by Gasteiger charge is 2.17. The summed E-state index contributed by atoms with van der Waals surface area (Å²) >= 11 is 0. The highest BCUT2D eigenvalue weighted by Crippen LogP contribution is 2.18. The van der Waals surface area contributed by atoms with Crippen LogP contribution in [0.2, 0.25) is 0 Å². The number of hydrogen-bond donors (Lipinski definition) is 3. The van der Waals surface area contributed by atoms with Crippen molar-refractivity contribution >= 4 is 28.4 Å². The predicted molar refractivity (Wildman–Crippen MR) is 95.6 cm³/mol. The molecule has 1 aromatic heterocycles. The predicted octanol–water partition coefficient (Wildman–Crippen LogP) is 1.07. The van der Waals surface area contributed by atoms with E-state index in [1.165, 1.54) is 0 Å². The van der Waals surface area contributed by atoms with Crippen molar-refractivity contribution in [2.45, 2.75) is 33.1 Å². The summed E-state index contributed by atoms with van der Waals surface area (Å²) in [4.78, 5) is 38.2. The van der Waals surface area contributed by atoms with E-state index >= 15 is 0 Å². The lowest BCUT2D eigenvalue weighted by atomic mass is 10.0. The maximum atomic E-state index is 12.2. The second-order valence-electron chi connectivity index (χ2n) is 6.27. The average Bonchev–Trinajstić information content (AvgIpc) is 2.56. The van der Waals surface area contributed by atoms with Crippen LogP contribution in [0, 0.1) is 13.8 Å². The molecule has 0 saturated heterocycles. The number of fused-ring (bicyclic) bond motifs is 1. The molecule has 7 heteroatoms. The van der Waals surface area contributed by atoms with Crippen molar-refractivity contribution in [3.63, 3.8) is 0 Å². The Labute approximate surface area is 144 Å². The van der Waals surface area contributed by atoms with E-state index in [4.69, 9.17) is 0 Å². The van der Waals surface area contributed by atoms with Gasteiger partial charge >= 0.3 is 0 Å². The van der Waals surface area contributed by atoms with Gasteiger partial charge in [0.05, 0.1) is 0 Å². The molecule has 3 rings (SSSR count). The molecule has 1 aliphatic rings. The molecule has 0 saturated carbocycles. The lowest BCUT2D eigenvalue weighted by Crippen LogP contribution is -2.38. The number of hydrazone groups is 1. The van der Waals surface area contributed by atoms with Gasteiger partial charge in [0.25, 0.3) is 11.5 Å². The van der Waals surface area contributed by atoms with Gasteiger partial charge in [0.15, 0.2) is 0 Å². The number of H-pyrrole nitrogens is 1. The topological polar surface area (TPSA) is 103 Å². The normalized spacial score (nSPS) is 14.2. The number of nitrogens with zero attached hydrogens (tertiary/aromatic N) is 1. The van der Waals surface area contributed by atoms with Crippen LogP contribution in [-0.2, 0) is 16.0 Å². The number of nitrogens with one attached hydrogen (secondary N) is 3. The van der Waals surface area contributed by atoms with Crippen LogP contribution < -0.4 is 16.3 Å². The average molecular weight is 340 g/mol. The summed E-state index contributed by atoms with van der Waals surface area (Å²) in [6, 6.07) is 5.90. The van der Waals surface area contributed by atoms with E-state index in [1.54, 1.807) is 0 Å². The van der Waals surface area contributed by atoms with E-state index in [1.807, 2.05) is 26.0 Å². The van der Waals surface area contributed by atoms with Crippen LogP contribution in [0.25, 0.3) is 10.9 Å². The lowest BCUT2D eigenvalue weighted by molar-refractivity contribution is -0.121. The standard InChI is InChI=1S/C18H20N4O3/c1-10-7-11(2)13-9-12(17(24)20-15(13)8-10)5-6-19-18(25)14-3-4-16(23)22-21-14/h7-9H,3-6H2,1-2H3,(H,19,25)(H,20,24)(H,22,23). The number of pyridine rings is 1. The Morgan fingerprint density at radius 3 is 2.72 bits per heavy atom. The third-order valence-electron chi connectivity index (χ3n) is 4.24. The summed E-state index contributed by atoms with van der Waals surface area (Å²) in [5, 5.41) is 7.50. The molecule has 1 aliphatic heterocycles. The molecule has 3 N–H and O–H groups in total. The van der Waals surface area contributed by atoms with Crippen LogP contribution in [0.5, 0.6) is 0 Å². The lowest BCUT2D eigenvalue weighted by Gasteiger charge is -2.12. The number of carbonyl (C=O) groups excluding carboxylic acids is 2. The molecular weight excluding hydrogens is 320 g/mol. The molecule has 2 aromatic rings. The molecule has 1 aromatic carbocycles. The molecule has 7 nitrogen and oxygen atoms in total. The molecular formula is C18H20N4O3. The maximum Gasteiger partial charge on any atom is 0.267 e. The fraction of sp³-hybridized carbons (Fsp3) is 0.333. The van der Waals surface area contributed by atoms with E-state index in [2.05, 4.69) is 26.9 Å². The minimum atomic E-state index is -0.316. The number of amides is 2. The number of aromatic amines is 1. The van der Waals surface area contributed by atoms with E-state index in [9.17, 15) is 14.4 Å². The number of aryl methyl sites for hydroxylation is 2. The molecule has 2 heterocycles. The van der Waals surface area contributed by atoms with Crippen molar-refractivity contribution in [2.75, 3.05) is 6.54 Å². The summed E-state index contributed by atoms with van der Waals surface area (Å²) in [7, 11) is 0. The first-order valence-electron chi connectivity index (χ1n) is 8.21. The first-order chi connectivity index (χ1) is 11.9. The van der Waals surface area contributed by atoms with Gasteiger partial charge in [0.1, 0.15) is 5.71 Å². The molecule has 0 unspecified atom stereocenters. The third-order valence-corrected chi connectivity index (χ3v) is 4.24. The zero-order chi connectivity index (χ0) is 18.0. The SMILES string of the molecule is Cc1cc(C)c2cc(CCNC(=O)C3=NNC(=O)CC3)c(=O)[nH]c2c1. The number of aromatic nitrogens is 1. The van der Waals surface area contributed by atoms with Crippen LogP contribution >= 0.6 is 0 Å². The molecule has 2 amide bonds. The quantitative estimate of drug-likeness (QED) is 0.775. The second kappa shape index (κ2) is 6.88. The zero-order valence-electron chi connectivity index (χ0n) is 14.2. The molecule has 0 aliphatic carbocycles. The Morgan fingerprint density at radius 1 is 1.20 bits per heavy atom. The Morgan fingerprint density at radius 2 is 2.00 bits per heavy atom. The van der Waals surface area contributed by atoms with Gasteiger partial charge in [-0.05, 0) is 43.5 Å². The van der Waals surface area contributed by atoms with Crippen molar-refractivity contribution in [1.82, 2.24) is 15.7 Å². The van der Waals surface area contributed by atoms with E-state index in [-0.39, 0.29) is 23.8 Å². The number of rotatable bonds is 4. The first kappa shape index (κ1) is 16.9. The van der Waals surface area contributed by atoms with Crippen LogP contribution in [0.3, 0.4) is 0 Å². The van der Waals surface area contributed by atoms with Crippen LogP contribution in [-0.4, -0.2) is 29.1 Å². The van der Waals surface area contributed by atoms with Gasteiger partial charge < -0.3 is 10.3 Å². The highest BCUT2D eigenvalue weighted by molar-refractivity contribution is 6.39. The molecule has 0 radical (unpaired) electrons. The van der Waals surface area contributed by atoms with Crippen molar-refractivity contribution < 1.29 is 9.59 Å². The molecule has 0 bridgehead atoms. The monoisotopic (exact) mass is 340 g/mol. The van der Waals surface area contributed by atoms with Crippen molar-refractivity contribution in [3.05, 3.63) is 45.2 Å². The van der Waals surface area contributed by atoms with E-state index in [0.29, 0.717) is 30.7 Å². The van der Waals surface area contributed by atoms with Crippen LogP contribution in [0.1, 0.15) is 29.5 Å². The van der Waals surface area contributed by atoms with Crippen molar-refractivity contribution in [1.29, 1.82) is 0 Å². The summed E-state index contributed by atoms with van der Waals surface area (Å²) in [5.41, 5.74) is 6.10. The zero-order valence-corrected chi connectivity index (χ0v) is 14.2. The van der Waals surface area contributed by atoms with Gasteiger partial charge in [-0.2, -0.15) is 5.10 Å². The smallest absolute Gasteiger partial charge is 0.267 e. The van der Waals surface area contributed by atoms with Gasteiger partial charge in [0.2, 0.25) is 5.91 Å². The van der Waals surface area contributed by atoms with Gasteiger partial charge in [0, 0.05) is 35.9 Å². The van der Waals surface area contributed by atoms with E-state index in [0.717, 1.165) is 22.0 Å². The minimum absolute atomic E-state index is 0.144. The summed E-state index contributed by atoms with van der Waals surface area (Å²) in [6.45, 7) is 4.32. The third kappa shape index (κ3) is 3.76. The Bertz CT molecular complexity index is 943. The fourth-order valence-electron chi connectivity index (χ4n) is 2.95. The van der Waals surface area contributed by atoms with Crippen molar-refractivity contribution in [2.24, 2.45) is 5.10 Å². The number of hydrogen-bond acceptors (Lipinski definition) is 4. The first-order valence-corrected chi connectivity index (χ1v) is 8.21. The van der Waals surface area contributed by atoms with Gasteiger partial charge in [-0.3, -0.25) is 14.4 Å². The van der Waals surface area contributed by atoms with Crippen LogP contribution in [0.4, 0.5) is 0 Å². The molecule has 130 valence electrons. The Balaban J connectivity index is 1.69. The van der Waals surface area contributed by atoms with Gasteiger partial charge in [-0.25, -0.2) is 5.43 Å². The Kier molecular flexibility index (Phi) is 4.65. The summed E-state index contributed by atoms with van der Waals surface area (Å²) < 4.78 is 0. The summed E-state index contributed by atoms with van der Waals surface area (Å²) in [5.74, 6) is -0.506. The molecule has 0 fully saturated rings. The van der Waals surface area contributed by atoms with Gasteiger partial charge in [-0.1, -0.05) is 6.07 Å². The van der Waals surface area contributed by atoms with Gasteiger partial charge in [-0.15, -0.1) is 0 Å². The largest absolute Gasteiger partial charge is 0.351 e. The minimum Gasteiger partial charge on any atom is -0.351 e. The number of benzene rings is 1. The molecule has 0 spiro atoms. The van der Waals surface area contributed by atoms with E-state index < -0.39 is 0 Å². The number of carbonyl (C=O) groups is 2.